The van der Waals surface area contributed by atoms with Gasteiger partial charge in [0.2, 0.25) is 0 Å². The number of ether oxygens (including phenoxy) is 1. The number of aryl methyl sites for hydroxylation is 1. The van der Waals surface area contributed by atoms with Gasteiger partial charge in [-0.1, -0.05) is 13.3 Å². The van der Waals surface area contributed by atoms with Gasteiger partial charge in [-0.2, -0.15) is 0 Å². The van der Waals surface area contributed by atoms with Crippen molar-refractivity contribution in [3.8, 4) is 11.1 Å². The van der Waals surface area contributed by atoms with E-state index in [-0.39, 0.29) is 22.5 Å². The largest absolute Gasteiger partial charge is 0.598 e. The number of amides is 1. The van der Waals surface area contributed by atoms with Gasteiger partial charge >= 0.3 is 6.09 Å². The van der Waals surface area contributed by atoms with Crippen LogP contribution in [0.25, 0.3) is 11.1 Å². The summed E-state index contributed by atoms with van der Waals surface area (Å²) in [4.78, 5) is 38.8. The summed E-state index contributed by atoms with van der Waals surface area (Å²) in [5.74, 6) is -0.374. The molecule has 1 amide bonds. The number of unbranched alkanes of at least 4 members (excludes halogenated alkanes) is 1. The highest BCUT2D eigenvalue weighted by molar-refractivity contribution is 7.89. The Labute approximate surface area is 237 Å². The molecule has 2 aromatic carbocycles. The first-order chi connectivity index (χ1) is 18.8. The molecule has 40 heavy (non-hydrogen) atoms. The Balaban J connectivity index is 2.16. The number of aromatic nitrogens is 1. The molecule has 1 unspecified atom stereocenters. The van der Waals surface area contributed by atoms with E-state index in [1.54, 1.807) is 59.1 Å². The lowest BCUT2D eigenvalue weighted by molar-refractivity contribution is 0.0635. The van der Waals surface area contributed by atoms with Gasteiger partial charge in [-0.25, -0.2) is 9.18 Å². The number of pyridine rings is 1. The predicted octanol–water partition coefficient (Wildman–Crippen LogP) is 5.88. The van der Waals surface area contributed by atoms with Crippen LogP contribution in [-0.4, -0.2) is 32.4 Å². The van der Waals surface area contributed by atoms with Crippen LogP contribution in [0.4, 0.5) is 14.9 Å². The molecule has 8 nitrogen and oxygen atoms in total. The average Bonchev–Trinajstić information content (AvgIpc) is 2.87. The first-order valence-corrected chi connectivity index (χ1v) is 14.4. The van der Waals surface area contributed by atoms with Crippen LogP contribution < -0.4 is 15.6 Å². The first-order valence-electron chi connectivity index (χ1n) is 13.1. The topological polar surface area (TPSA) is 112 Å². The molecule has 1 heterocycles. The van der Waals surface area contributed by atoms with Crippen LogP contribution in [-0.2, 0) is 23.1 Å². The fourth-order valence-corrected chi connectivity index (χ4v) is 5.23. The van der Waals surface area contributed by atoms with Crippen molar-refractivity contribution in [2.75, 3.05) is 11.1 Å². The molecule has 3 rings (SSSR count). The maximum Gasteiger partial charge on any atom is 0.412 e. The van der Waals surface area contributed by atoms with Crippen molar-refractivity contribution in [2.45, 2.75) is 59.1 Å². The maximum atomic E-state index is 13.6. The zero-order valence-corrected chi connectivity index (χ0v) is 24.5. The number of anilines is 1. The van der Waals surface area contributed by atoms with Crippen molar-refractivity contribution < 1.29 is 23.3 Å². The molecule has 0 saturated heterocycles. The lowest BCUT2D eigenvalue weighted by Gasteiger charge is -2.22. The van der Waals surface area contributed by atoms with Crippen molar-refractivity contribution in [2.24, 2.45) is 7.05 Å². The van der Waals surface area contributed by atoms with Crippen LogP contribution in [0.3, 0.4) is 0 Å². The van der Waals surface area contributed by atoms with Crippen molar-refractivity contribution in [1.82, 2.24) is 9.29 Å². The van der Waals surface area contributed by atoms with Crippen molar-refractivity contribution in [3.63, 3.8) is 0 Å². The third-order valence-corrected chi connectivity index (χ3v) is 7.30. The molecule has 2 atom stereocenters. The van der Waals surface area contributed by atoms with Gasteiger partial charge < -0.3 is 13.9 Å². The normalized spacial score (nSPS) is 13.0. The van der Waals surface area contributed by atoms with Crippen molar-refractivity contribution >= 4 is 28.9 Å². The minimum Gasteiger partial charge on any atom is -0.598 e. The number of nitrogens with zero attached hydrogens (tertiary/aromatic N) is 1. The maximum absolute atomic E-state index is 13.6. The molecular weight excluding hydrogens is 533 g/mol. The Bertz CT molecular complexity index is 1420. The molecule has 0 radical (unpaired) electrons. The van der Waals surface area contributed by atoms with E-state index in [4.69, 9.17) is 4.74 Å². The van der Waals surface area contributed by atoms with Gasteiger partial charge in [0.1, 0.15) is 17.2 Å². The molecule has 3 aromatic rings. The molecule has 214 valence electrons. The molecule has 0 aliphatic carbocycles. The van der Waals surface area contributed by atoms with E-state index in [1.807, 2.05) is 6.92 Å². The summed E-state index contributed by atoms with van der Waals surface area (Å²) in [5.41, 5.74) is 1.43. The van der Waals surface area contributed by atoms with Gasteiger partial charge in [0, 0.05) is 53.1 Å². The summed E-state index contributed by atoms with van der Waals surface area (Å²) in [6, 6.07) is 10.9. The summed E-state index contributed by atoms with van der Waals surface area (Å²) >= 11 is -1.33. The Hall–Kier alpha value is -3.47. The SMILES string of the molecule is CCCC[S+]([O-])N[C@@H](C)c1cc(=O)n(C)cc1-c1cc(NC(=O)OC(C)(C)C)ccc1C(=O)c1ccc(F)cc1. The molecule has 0 spiro atoms. The zero-order chi connectivity index (χ0) is 29.6. The number of hydrogen-bond donors (Lipinski definition) is 2. The predicted molar refractivity (Wildman–Crippen MR) is 156 cm³/mol. The van der Waals surface area contributed by atoms with E-state index in [0.717, 1.165) is 12.8 Å². The Kier molecular flexibility index (Phi) is 10.3. The lowest BCUT2D eigenvalue weighted by atomic mass is 9.90. The van der Waals surface area contributed by atoms with Crippen LogP contribution >= 0.6 is 0 Å². The molecule has 2 N–H and O–H groups in total. The summed E-state index contributed by atoms with van der Waals surface area (Å²) < 4.78 is 36.0. The number of carbonyl (C=O) groups is 2. The lowest BCUT2D eigenvalue weighted by Crippen LogP contribution is -2.31. The third kappa shape index (κ3) is 8.27. The molecule has 10 heteroatoms. The highest BCUT2D eigenvalue weighted by Gasteiger charge is 2.24. The minimum atomic E-state index is -1.33. The van der Waals surface area contributed by atoms with Gasteiger partial charge in [-0.15, -0.1) is 4.72 Å². The number of carbonyl (C=O) groups excluding carboxylic acids is 2. The molecule has 0 aliphatic heterocycles. The van der Waals surface area contributed by atoms with Crippen molar-refractivity contribution in [3.05, 3.63) is 87.6 Å². The second kappa shape index (κ2) is 13.3. The smallest absolute Gasteiger partial charge is 0.412 e. The quantitative estimate of drug-likeness (QED) is 0.233. The zero-order valence-electron chi connectivity index (χ0n) is 23.7. The van der Waals surface area contributed by atoms with Gasteiger partial charge in [0.05, 0.1) is 6.04 Å². The van der Waals surface area contributed by atoms with Gasteiger partial charge in [-0.3, -0.25) is 14.9 Å². The summed E-state index contributed by atoms with van der Waals surface area (Å²) in [6.45, 7) is 9.05. The van der Waals surface area contributed by atoms with Crippen LogP contribution in [0, 0.1) is 5.82 Å². The number of benzene rings is 2. The van der Waals surface area contributed by atoms with E-state index in [0.29, 0.717) is 28.1 Å². The number of ketones is 1. The average molecular weight is 570 g/mol. The number of rotatable bonds is 10. The second-order valence-electron chi connectivity index (χ2n) is 10.6. The van der Waals surface area contributed by atoms with E-state index in [1.165, 1.54) is 34.9 Å². The van der Waals surface area contributed by atoms with E-state index < -0.39 is 34.9 Å². The molecule has 0 saturated carbocycles. The van der Waals surface area contributed by atoms with Gasteiger partial charge in [0.25, 0.3) is 5.56 Å². The molecule has 0 fully saturated rings. The molecular formula is C30H36FN3O5S. The second-order valence-corrected chi connectivity index (χ2v) is 11.9. The van der Waals surface area contributed by atoms with Crippen LogP contribution in [0.5, 0.6) is 0 Å². The van der Waals surface area contributed by atoms with Crippen LogP contribution in [0.15, 0.2) is 59.5 Å². The number of halogens is 1. The summed E-state index contributed by atoms with van der Waals surface area (Å²) in [6.07, 6.45) is 2.62. The minimum absolute atomic E-state index is 0.272. The Morgan fingerprint density at radius 1 is 1.10 bits per heavy atom. The fraction of sp³-hybridized carbons (Fsp3) is 0.367. The van der Waals surface area contributed by atoms with E-state index in [2.05, 4.69) is 10.0 Å². The highest BCUT2D eigenvalue weighted by Crippen LogP contribution is 2.34. The fourth-order valence-electron chi connectivity index (χ4n) is 4.04. The Morgan fingerprint density at radius 2 is 1.77 bits per heavy atom. The van der Waals surface area contributed by atoms with E-state index in [9.17, 15) is 23.3 Å². The summed E-state index contributed by atoms with van der Waals surface area (Å²) in [5, 5.41) is 2.70. The number of hydrogen-bond acceptors (Lipinski definition) is 6. The van der Waals surface area contributed by atoms with Gasteiger partial charge in [-0.05, 0) is 87.7 Å². The van der Waals surface area contributed by atoms with Crippen molar-refractivity contribution in [1.29, 1.82) is 0 Å². The standard InChI is InChI=1S/C30H36FN3O5S/c1-7-8-15-40(38)33-19(2)24-17-27(35)34(6)18-26(24)25-16-22(32-29(37)39-30(3,4)5)13-14-23(25)28(36)20-9-11-21(31)12-10-20/h9-14,16-19,33H,7-8,15H2,1-6H3,(H,32,37)/t19-,40?/m0/s1. The molecule has 0 bridgehead atoms. The molecule has 1 aromatic heterocycles. The monoisotopic (exact) mass is 569 g/mol. The molecule has 0 aliphatic rings. The van der Waals surface area contributed by atoms with Crippen LogP contribution in [0.1, 0.15) is 75.0 Å². The van der Waals surface area contributed by atoms with E-state index >= 15 is 0 Å². The van der Waals surface area contributed by atoms with Gasteiger partial charge in [0.15, 0.2) is 5.78 Å². The first kappa shape index (κ1) is 31.1. The van der Waals surface area contributed by atoms with Crippen LogP contribution in [0.2, 0.25) is 0 Å². The Morgan fingerprint density at radius 3 is 2.40 bits per heavy atom. The third-order valence-electron chi connectivity index (χ3n) is 6.02. The number of nitrogens with one attached hydrogen (secondary N) is 2. The summed E-state index contributed by atoms with van der Waals surface area (Å²) in [7, 11) is 1.59. The highest BCUT2D eigenvalue weighted by atomic mass is 32.2.